The smallest absolute Gasteiger partial charge is 0.289 e. The number of carbonyl (C=O) groups is 1. The molecule has 1 aromatic carbocycles. The number of aliphatic hydroxyl groups excluding tert-OH is 1. The van der Waals surface area contributed by atoms with Crippen LogP contribution in [0.1, 0.15) is 10.6 Å². The summed E-state index contributed by atoms with van der Waals surface area (Å²) in [6.45, 7) is 3.44. The topological polar surface area (TPSA) is 56.9 Å². The highest BCUT2D eigenvalue weighted by molar-refractivity contribution is 5.96. The Morgan fingerprint density at radius 1 is 1.24 bits per heavy atom. The molecule has 0 bridgehead atoms. The fraction of sp³-hybridized carbons (Fsp3) is 0.400. The maximum atomic E-state index is 13.2. The molecule has 0 radical (unpaired) electrons. The molecule has 1 amide bonds. The van der Waals surface area contributed by atoms with Crippen LogP contribution in [0.4, 0.5) is 4.39 Å². The third-order valence-electron chi connectivity index (χ3n) is 3.76. The summed E-state index contributed by atoms with van der Waals surface area (Å²) in [5, 5.41) is 9.50. The van der Waals surface area contributed by atoms with E-state index in [2.05, 4.69) is 4.90 Å². The third-order valence-corrected chi connectivity index (χ3v) is 3.76. The highest BCUT2D eigenvalue weighted by Crippen LogP contribution is 2.21. The first-order chi connectivity index (χ1) is 10.2. The van der Waals surface area contributed by atoms with Gasteiger partial charge in [0.2, 0.25) is 0 Å². The Balaban J connectivity index is 1.72. The van der Waals surface area contributed by atoms with Crippen molar-refractivity contribution in [3.8, 4) is 0 Å². The fourth-order valence-electron chi connectivity index (χ4n) is 2.59. The van der Waals surface area contributed by atoms with Crippen molar-refractivity contribution in [3.63, 3.8) is 0 Å². The molecular weight excluding hydrogens is 275 g/mol. The number of hydrogen-bond acceptors (Lipinski definition) is 4. The van der Waals surface area contributed by atoms with Gasteiger partial charge in [-0.1, -0.05) is 0 Å². The molecule has 0 unspecified atom stereocenters. The largest absolute Gasteiger partial charge is 0.451 e. The van der Waals surface area contributed by atoms with Crippen LogP contribution in [0.3, 0.4) is 0 Å². The van der Waals surface area contributed by atoms with Gasteiger partial charge < -0.3 is 14.4 Å². The quantitative estimate of drug-likeness (QED) is 0.927. The van der Waals surface area contributed by atoms with E-state index in [9.17, 15) is 9.18 Å². The lowest BCUT2D eigenvalue weighted by atomic mass is 10.2. The highest BCUT2D eigenvalue weighted by Gasteiger charge is 2.24. The van der Waals surface area contributed by atoms with Crippen LogP contribution < -0.4 is 0 Å². The van der Waals surface area contributed by atoms with Crippen molar-refractivity contribution in [1.82, 2.24) is 9.80 Å². The molecule has 3 rings (SSSR count). The van der Waals surface area contributed by atoms with Crippen LogP contribution in [-0.4, -0.2) is 60.1 Å². The number of furan rings is 1. The Labute approximate surface area is 121 Å². The molecule has 6 heteroatoms. The van der Waals surface area contributed by atoms with Crippen molar-refractivity contribution >= 4 is 16.9 Å². The van der Waals surface area contributed by atoms with Crippen molar-refractivity contribution < 1.29 is 18.7 Å². The number of amides is 1. The fourth-order valence-corrected chi connectivity index (χ4v) is 2.59. The summed E-state index contributed by atoms with van der Waals surface area (Å²) < 4.78 is 18.7. The maximum Gasteiger partial charge on any atom is 0.289 e. The van der Waals surface area contributed by atoms with Crippen molar-refractivity contribution in [2.45, 2.75) is 0 Å². The van der Waals surface area contributed by atoms with E-state index in [1.807, 2.05) is 0 Å². The number of carbonyl (C=O) groups excluding carboxylic acids is 1. The standard InChI is InChI=1S/C15H17FN2O3/c16-12-1-2-13-11(9-12)10-14(21-13)15(20)18-5-3-17(4-6-18)7-8-19/h1-2,9-10,19H,3-8H2. The SMILES string of the molecule is O=C(c1cc2cc(F)ccc2o1)N1CCN(CCO)CC1. The zero-order valence-corrected chi connectivity index (χ0v) is 11.6. The lowest BCUT2D eigenvalue weighted by molar-refractivity contribution is 0.0587. The lowest BCUT2D eigenvalue weighted by Crippen LogP contribution is -2.49. The summed E-state index contributed by atoms with van der Waals surface area (Å²) in [6.07, 6.45) is 0. The second-order valence-corrected chi connectivity index (χ2v) is 5.15. The number of piperazine rings is 1. The first kappa shape index (κ1) is 14.0. The van der Waals surface area contributed by atoms with Gasteiger partial charge in [0.05, 0.1) is 6.61 Å². The Kier molecular flexibility index (Phi) is 3.90. The van der Waals surface area contributed by atoms with Crippen molar-refractivity contribution in [3.05, 3.63) is 35.8 Å². The van der Waals surface area contributed by atoms with Crippen molar-refractivity contribution in [1.29, 1.82) is 0 Å². The molecule has 0 aliphatic carbocycles. The second kappa shape index (κ2) is 5.83. The second-order valence-electron chi connectivity index (χ2n) is 5.15. The number of fused-ring (bicyclic) bond motifs is 1. The van der Waals surface area contributed by atoms with Gasteiger partial charge >= 0.3 is 0 Å². The van der Waals surface area contributed by atoms with Crippen LogP contribution in [0.5, 0.6) is 0 Å². The van der Waals surface area contributed by atoms with E-state index in [1.165, 1.54) is 18.2 Å². The Morgan fingerprint density at radius 3 is 2.71 bits per heavy atom. The minimum Gasteiger partial charge on any atom is -0.451 e. The average Bonchev–Trinajstić information content (AvgIpc) is 2.90. The van der Waals surface area contributed by atoms with Crippen molar-refractivity contribution in [2.75, 3.05) is 39.3 Å². The predicted octanol–water partition coefficient (Wildman–Crippen LogP) is 1.32. The molecule has 0 saturated carbocycles. The van der Waals surface area contributed by atoms with E-state index >= 15 is 0 Å². The summed E-state index contributed by atoms with van der Waals surface area (Å²) in [7, 11) is 0. The number of β-amino-alcohol motifs (C(OH)–C–C–N with tert-alkyl or cyclic N) is 1. The number of benzene rings is 1. The number of rotatable bonds is 3. The van der Waals surface area contributed by atoms with Gasteiger partial charge in [0.15, 0.2) is 5.76 Å². The first-order valence-electron chi connectivity index (χ1n) is 6.99. The van der Waals surface area contributed by atoms with E-state index in [1.54, 1.807) is 11.0 Å². The molecule has 5 nitrogen and oxygen atoms in total. The normalized spacial score (nSPS) is 16.6. The van der Waals surface area contributed by atoms with Crippen LogP contribution in [0.2, 0.25) is 0 Å². The minimum atomic E-state index is -0.347. The zero-order chi connectivity index (χ0) is 14.8. The highest BCUT2D eigenvalue weighted by atomic mass is 19.1. The molecule has 1 aliphatic rings. The van der Waals surface area contributed by atoms with Crippen LogP contribution in [0, 0.1) is 5.82 Å². The zero-order valence-electron chi connectivity index (χ0n) is 11.6. The minimum absolute atomic E-state index is 0.128. The summed E-state index contributed by atoms with van der Waals surface area (Å²) in [5.41, 5.74) is 0.513. The van der Waals surface area contributed by atoms with E-state index in [4.69, 9.17) is 9.52 Å². The Morgan fingerprint density at radius 2 is 2.00 bits per heavy atom. The lowest BCUT2D eigenvalue weighted by Gasteiger charge is -2.33. The van der Waals surface area contributed by atoms with Gasteiger partial charge in [-0.05, 0) is 24.3 Å². The molecule has 1 saturated heterocycles. The molecule has 1 aliphatic heterocycles. The molecule has 0 atom stereocenters. The van der Waals surface area contributed by atoms with E-state index in [0.717, 1.165) is 13.1 Å². The van der Waals surface area contributed by atoms with Gasteiger partial charge in [0.1, 0.15) is 11.4 Å². The van der Waals surface area contributed by atoms with Gasteiger partial charge in [0.25, 0.3) is 5.91 Å². The number of nitrogens with zero attached hydrogens (tertiary/aromatic N) is 2. The number of hydrogen-bond donors (Lipinski definition) is 1. The Bertz CT molecular complexity index is 647. The molecule has 1 N–H and O–H groups in total. The van der Waals surface area contributed by atoms with Gasteiger partial charge in [-0.3, -0.25) is 9.69 Å². The summed E-state index contributed by atoms with van der Waals surface area (Å²) >= 11 is 0. The third kappa shape index (κ3) is 2.91. The van der Waals surface area contributed by atoms with Crippen LogP contribution in [-0.2, 0) is 0 Å². The van der Waals surface area contributed by atoms with Crippen LogP contribution in [0.25, 0.3) is 11.0 Å². The molecule has 0 spiro atoms. The molecule has 21 heavy (non-hydrogen) atoms. The molecule has 1 aromatic heterocycles. The van der Waals surface area contributed by atoms with Gasteiger partial charge in [-0.2, -0.15) is 0 Å². The number of halogens is 1. The predicted molar refractivity (Wildman–Crippen MR) is 75.6 cm³/mol. The first-order valence-corrected chi connectivity index (χ1v) is 6.99. The molecule has 2 heterocycles. The van der Waals surface area contributed by atoms with Gasteiger partial charge in [-0.15, -0.1) is 0 Å². The Hall–Kier alpha value is -1.92. The van der Waals surface area contributed by atoms with Gasteiger partial charge in [-0.25, -0.2) is 4.39 Å². The monoisotopic (exact) mass is 292 g/mol. The average molecular weight is 292 g/mol. The molecule has 112 valence electrons. The molecular formula is C15H17FN2O3. The van der Waals surface area contributed by atoms with Crippen LogP contribution >= 0.6 is 0 Å². The summed E-state index contributed by atoms with van der Waals surface area (Å²) in [5.74, 6) is -0.276. The number of aliphatic hydroxyl groups is 1. The van der Waals surface area contributed by atoms with E-state index < -0.39 is 0 Å². The van der Waals surface area contributed by atoms with Crippen LogP contribution in [0.15, 0.2) is 28.7 Å². The summed E-state index contributed by atoms with van der Waals surface area (Å²) in [4.78, 5) is 16.2. The van der Waals surface area contributed by atoms with Gasteiger partial charge in [0, 0.05) is 38.1 Å². The summed E-state index contributed by atoms with van der Waals surface area (Å²) in [6, 6.07) is 5.78. The molecule has 1 fully saturated rings. The maximum absolute atomic E-state index is 13.2. The van der Waals surface area contributed by atoms with E-state index in [-0.39, 0.29) is 24.1 Å². The molecule has 2 aromatic rings. The van der Waals surface area contributed by atoms with E-state index in [0.29, 0.717) is 30.6 Å². The van der Waals surface area contributed by atoms with Crippen molar-refractivity contribution in [2.24, 2.45) is 0 Å².